The smallest absolute Gasteiger partial charge is 0.325 e. The predicted octanol–water partition coefficient (Wildman–Crippen LogP) is -1.12. The average molecular weight is 234 g/mol. The zero-order valence-electron chi connectivity index (χ0n) is 8.45. The summed E-state index contributed by atoms with van der Waals surface area (Å²) in [6, 6.07) is 0. The molecule has 0 aromatic heterocycles. The Hall–Kier alpha value is -1.24. The number of primary amides is 1. The van der Waals surface area contributed by atoms with Gasteiger partial charge in [0.1, 0.15) is 6.54 Å². The maximum absolute atomic E-state index is 11.1. The van der Waals surface area contributed by atoms with E-state index in [2.05, 4.69) is 10.1 Å². The molecular formula is C8H14N2O4S. The van der Waals surface area contributed by atoms with Crippen molar-refractivity contribution in [2.45, 2.75) is 6.42 Å². The summed E-state index contributed by atoms with van der Waals surface area (Å²) in [5, 5.41) is 2.38. The number of amides is 2. The van der Waals surface area contributed by atoms with Gasteiger partial charge in [-0.2, -0.15) is 11.8 Å². The predicted molar refractivity (Wildman–Crippen MR) is 56.2 cm³/mol. The molecule has 15 heavy (non-hydrogen) atoms. The van der Waals surface area contributed by atoms with Crippen molar-refractivity contribution in [2.75, 3.05) is 25.2 Å². The lowest BCUT2D eigenvalue weighted by Gasteiger charge is -2.02. The number of methoxy groups -OCH3 is 1. The van der Waals surface area contributed by atoms with Crippen LogP contribution in [0.1, 0.15) is 6.42 Å². The van der Waals surface area contributed by atoms with Gasteiger partial charge >= 0.3 is 5.97 Å². The Morgan fingerprint density at radius 1 is 1.40 bits per heavy atom. The first kappa shape index (κ1) is 13.8. The van der Waals surface area contributed by atoms with Crippen LogP contribution in [0, 0.1) is 0 Å². The van der Waals surface area contributed by atoms with Crippen LogP contribution in [0.25, 0.3) is 0 Å². The van der Waals surface area contributed by atoms with E-state index in [-0.39, 0.29) is 24.6 Å². The number of thioether (sulfide) groups is 1. The Morgan fingerprint density at radius 3 is 2.60 bits per heavy atom. The van der Waals surface area contributed by atoms with E-state index in [9.17, 15) is 14.4 Å². The van der Waals surface area contributed by atoms with Crippen LogP contribution >= 0.6 is 11.8 Å². The van der Waals surface area contributed by atoms with Gasteiger partial charge in [0.15, 0.2) is 0 Å². The molecule has 0 saturated heterocycles. The monoisotopic (exact) mass is 234 g/mol. The fraction of sp³-hybridized carbons (Fsp3) is 0.625. The molecule has 2 amide bonds. The van der Waals surface area contributed by atoms with Crippen LogP contribution in [-0.2, 0) is 19.1 Å². The minimum atomic E-state index is -0.492. The van der Waals surface area contributed by atoms with Crippen molar-refractivity contribution in [2.24, 2.45) is 5.73 Å². The van der Waals surface area contributed by atoms with Gasteiger partial charge in [-0.3, -0.25) is 14.4 Å². The second-order valence-corrected chi connectivity index (χ2v) is 3.73. The van der Waals surface area contributed by atoms with Crippen LogP contribution in [0.2, 0.25) is 0 Å². The molecule has 0 saturated carbocycles. The van der Waals surface area contributed by atoms with Gasteiger partial charge in [0, 0.05) is 12.2 Å². The molecule has 86 valence electrons. The quantitative estimate of drug-likeness (QED) is 0.429. The Kier molecular flexibility index (Phi) is 7.43. The summed E-state index contributed by atoms with van der Waals surface area (Å²) in [4.78, 5) is 32.0. The fourth-order valence-corrected chi connectivity index (χ4v) is 1.34. The zero-order valence-corrected chi connectivity index (χ0v) is 9.26. The normalized spacial score (nSPS) is 9.40. The first-order valence-electron chi connectivity index (χ1n) is 4.25. The number of carbonyl (C=O) groups excluding carboxylic acids is 3. The lowest BCUT2D eigenvalue weighted by Crippen LogP contribution is -2.30. The first-order valence-corrected chi connectivity index (χ1v) is 5.41. The molecule has 0 aliphatic rings. The molecule has 0 atom stereocenters. The Balaban J connectivity index is 3.41. The molecule has 0 fully saturated rings. The van der Waals surface area contributed by atoms with Gasteiger partial charge in [0.2, 0.25) is 11.8 Å². The first-order chi connectivity index (χ1) is 7.06. The van der Waals surface area contributed by atoms with E-state index in [0.29, 0.717) is 5.75 Å². The summed E-state index contributed by atoms with van der Waals surface area (Å²) >= 11 is 1.28. The van der Waals surface area contributed by atoms with Crippen LogP contribution in [-0.4, -0.2) is 42.9 Å². The molecule has 0 aromatic carbocycles. The minimum Gasteiger partial charge on any atom is -0.468 e. The molecule has 6 nitrogen and oxygen atoms in total. The van der Waals surface area contributed by atoms with E-state index in [1.807, 2.05) is 0 Å². The Bertz CT molecular complexity index is 245. The number of rotatable bonds is 7. The summed E-state index contributed by atoms with van der Waals surface area (Å²) in [6.07, 6.45) is 0.245. The molecule has 0 unspecified atom stereocenters. The highest BCUT2D eigenvalue weighted by molar-refractivity contribution is 7.99. The van der Waals surface area contributed by atoms with Crippen molar-refractivity contribution in [1.29, 1.82) is 0 Å². The largest absolute Gasteiger partial charge is 0.468 e. The van der Waals surface area contributed by atoms with Crippen molar-refractivity contribution in [3.05, 3.63) is 0 Å². The maximum Gasteiger partial charge on any atom is 0.325 e. The highest BCUT2D eigenvalue weighted by Gasteiger charge is 2.05. The molecule has 0 rings (SSSR count). The summed E-state index contributed by atoms with van der Waals surface area (Å²) < 4.78 is 4.34. The summed E-state index contributed by atoms with van der Waals surface area (Å²) in [7, 11) is 1.25. The van der Waals surface area contributed by atoms with Gasteiger partial charge < -0.3 is 15.8 Å². The molecule has 0 aromatic rings. The molecule has 0 heterocycles. The number of hydrogen-bond donors (Lipinski definition) is 2. The lowest BCUT2D eigenvalue weighted by atomic mass is 10.4. The van der Waals surface area contributed by atoms with E-state index in [1.54, 1.807) is 0 Å². The molecular weight excluding hydrogens is 220 g/mol. The molecule has 0 radical (unpaired) electrons. The Labute approximate surface area is 91.9 Å². The van der Waals surface area contributed by atoms with Gasteiger partial charge in [-0.05, 0) is 0 Å². The number of ether oxygens (including phenoxy) is 1. The second-order valence-electron chi connectivity index (χ2n) is 2.62. The summed E-state index contributed by atoms with van der Waals surface area (Å²) in [5.74, 6) is -0.458. The third kappa shape index (κ3) is 9.07. The summed E-state index contributed by atoms with van der Waals surface area (Å²) in [5.41, 5.74) is 4.90. The third-order valence-corrected chi connectivity index (χ3v) is 2.36. The summed E-state index contributed by atoms with van der Waals surface area (Å²) in [6.45, 7) is -0.129. The molecule has 0 spiro atoms. The lowest BCUT2D eigenvalue weighted by molar-refractivity contribution is -0.141. The van der Waals surface area contributed by atoms with Crippen molar-refractivity contribution in [3.8, 4) is 0 Å². The number of nitrogens with two attached hydrogens (primary N) is 1. The van der Waals surface area contributed by atoms with Gasteiger partial charge in [-0.1, -0.05) is 0 Å². The fourth-order valence-electron chi connectivity index (χ4n) is 0.669. The van der Waals surface area contributed by atoms with E-state index in [1.165, 1.54) is 18.9 Å². The molecule has 0 aliphatic heterocycles. The standard InChI is InChI=1S/C8H14N2O4S/c1-14-8(13)4-10-7(12)2-3-15-5-6(9)11/h2-5H2,1H3,(H2,9,11)(H,10,12). The van der Waals surface area contributed by atoms with Crippen LogP contribution in [0.15, 0.2) is 0 Å². The van der Waals surface area contributed by atoms with Crippen molar-refractivity contribution < 1.29 is 19.1 Å². The third-order valence-electron chi connectivity index (χ3n) is 1.38. The number of carbonyl (C=O) groups is 3. The van der Waals surface area contributed by atoms with Gasteiger partial charge in [-0.25, -0.2) is 0 Å². The minimum absolute atomic E-state index is 0.129. The van der Waals surface area contributed by atoms with Crippen molar-refractivity contribution in [1.82, 2.24) is 5.32 Å². The van der Waals surface area contributed by atoms with Gasteiger partial charge in [-0.15, -0.1) is 0 Å². The van der Waals surface area contributed by atoms with E-state index >= 15 is 0 Å². The van der Waals surface area contributed by atoms with E-state index in [0.717, 1.165) is 0 Å². The van der Waals surface area contributed by atoms with Crippen LogP contribution in [0.4, 0.5) is 0 Å². The molecule has 3 N–H and O–H groups in total. The highest BCUT2D eigenvalue weighted by atomic mass is 32.2. The van der Waals surface area contributed by atoms with Crippen molar-refractivity contribution >= 4 is 29.5 Å². The number of nitrogens with one attached hydrogen (secondary N) is 1. The van der Waals surface area contributed by atoms with Crippen LogP contribution in [0.3, 0.4) is 0 Å². The molecule has 7 heteroatoms. The van der Waals surface area contributed by atoms with Crippen LogP contribution in [0.5, 0.6) is 0 Å². The van der Waals surface area contributed by atoms with E-state index < -0.39 is 11.9 Å². The van der Waals surface area contributed by atoms with Gasteiger partial charge in [0.05, 0.1) is 12.9 Å². The highest BCUT2D eigenvalue weighted by Crippen LogP contribution is 2.00. The molecule has 0 aliphatic carbocycles. The molecule has 0 bridgehead atoms. The van der Waals surface area contributed by atoms with Gasteiger partial charge in [0.25, 0.3) is 0 Å². The number of esters is 1. The van der Waals surface area contributed by atoms with E-state index in [4.69, 9.17) is 5.73 Å². The second kappa shape index (κ2) is 8.10. The van der Waals surface area contributed by atoms with Crippen LogP contribution < -0.4 is 11.1 Å². The maximum atomic E-state index is 11.1. The van der Waals surface area contributed by atoms with Crippen molar-refractivity contribution in [3.63, 3.8) is 0 Å². The zero-order chi connectivity index (χ0) is 11.7. The topological polar surface area (TPSA) is 98.5 Å². The SMILES string of the molecule is COC(=O)CNC(=O)CCSCC(N)=O. The average Bonchev–Trinajstić information content (AvgIpc) is 2.20. The number of hydrogen-bond acceptors (Lipinski definition) is 5. The Morgan fingerprint density at radius 2 is 2.07 bits per heavy atom.